The van der Waals surface area contributed by atoms with Gasteiger partial charge in [0.2, 0.25) is 0 Å². The topological polar surface area (TPSA) is 88.5 Å². The second kappa shape index (κ2) is 10.8. The third-order valence-electron chi connectivity index (χ3n) is 5.79. The smallest absolute Gasteiger partial charge is 0.273 e. The lowest BCUT2D eigenvalue weighted by molar-refractivity contribution is -0.128. The molecule has 3 heterocycles. The number of hydrogen-bond acceptors (Lipinski definition) is 6. The summed E-state index contributed by atoms with van der Waals surface area (Å²) in [6, 6.07) is 19.5. The molecule has 1 saturated heterocycles. The summed E-state index contributed by atoms with van der Waals surface area (Å²) in [5.74, 6) is 0.417. The van der Waals surface area contributed by atoms with Crippen molar-refractivity contribution in [3.05, 3.63) is 96.0 Å². The lowest BCUT2D eigenvalue weighted by Crippen LogP contribution is -2.42. The molecule has 7 nitrogen and oxygen atoms in total. The molecular weight excluding hydrogens is 533 g/mol. The van der Waals surface area contributed by atoms with Gasteiger partial charge >= 0.3 is 0 Å². The average Bonchev–Trinajstić information content (AvgIpc) is 3.50. The molecular formula is C27H19Cl2N3O4S. The Balaban J connectivity index is 1.69. The number of halogens is 2. The molecule has 0 unspecified atom stereocenters. The number of nitriles is 1. The Hall–Kier alpha value is -3.61. The molecule has 1 fully saturated rings. The van der Waals surface area contributed by atoms with Gasteiger partial charge in [-0.15, -0.1) is 11.3 Å². The molecule has 2 aromatic heterocycles. The van der Waals surface area contributed by atoms with E-state index in [1.807, 2.05) is 12.1 Å². The first-order valence-electron chi connectivity index (χ1n) is 11.3. The second-order valence-electron chi connectivity index (χ2n) is 8.08. The van der Waals surface area contributed by atoms with Gasteiger partial charge in [-0.2, -0.15) is 5.26 Å². The standard InChI is InChI=1S/C27H19Cl2N3O4S/c28-20-7-4-8-21(29)24(20)22-10-9-18(36-22)15-23-26(34)32(17-5-2-1-3-6-17)27(37-23)19(16-30)25(33)31-11-13-35-14-12-31/h1-10,15H,11-14H2/b23-15+,27-19-. The molecule has 0 radical (unpaired) electrons. The van der Waals surface area contributed by atoms with Crippen molar-refractivity contribution in [2.75, 3.05) is 26.3 Å². The number of morpholine rings is 1. The third-order valence-corrected chi connectivity index (χ3v) is 7.51. The summed E-state index contributed by atoms with van der Waals surface area (Å²) < 4.78 is 13.2. The van der Waals surface area contributed by atoms with Gasteiger partial charge in [0.1, 0.15) is 22.3 Å². The van der Waals surface area contributed by atoms with Crippen molar-refractivity contribution in [2.24, 2.45) is 0 Å². The van der Waals surface area contributed by atoms with E-state index in [9.17, 15) is 14.9 Å². The summed E-state index contributed by atoms with van der Waals surface area (Å²) in [7, 11) is 0. The number of ether oxygens (including phenoxy) is 1. The van der Waals surface area contributed by atoms with Crippen molar-refractivity contribution < 1.29 is 13.9 Å². The van der Waals surface area contributed by atoms with Crippen LogP contribution in [-0.4, -0.2) is 41.7 Å². The summed E-state index contributed by atoms with van der Waals surface area (Å²) in [6.07, 6.45) is 1.58. The Labute approximate surface area is 225 Å². The van der Waals surface area contributed by atoms with Gasteiger partial charge in [-0.3, -0.25) is 14.2 Å². The van der Waals surface area contributed by atoms with Crippen LogP contribution >= 0.6 is 34.5 Å². The summed E-state index contributed by atoms with van der Waals surface area (Å²) in [6.45, 7) is 1.55. The van der Waals surface area contributed by atoms with E-state index < -0.39 is 5.91 Å². The Morgan fingerprint density at radius 3 is 2.38 bits per heavy atom. The van der Waals surface area contributed by atoms with Crippen LogP contribution in [0.3, 0.4) is 0 Å². The molecule has 5 rings (SSSR count). The first-order chi connectivity index (χ1) is 18.0. The van der Waals surface area contributed by atoms with E-state index in [0.717, 1.165) is 11.3 Å². The number of rotatable bonds is 4. The fraction of sp³-hybridized carbons (Fsp3) is 0.148. The Bertz CT molecular complexity index is 1670. The maximum atomic E-state index is 13.6. The van der Waals surface area contributed by atoms with E-state index in [-0.39, 0.29) is 15.8 Å². The molecule has 0 spiro atoms. The van der Waals surface area contributed by atoms with Gasteiger partial charge in [-0.25, -0.2) is 0 Å². The van der Waals surface area contributed by atoms with Gasteiger partial charge < -0.3 is 14.1 Å². The lowest BCUT2D eigenvalue weighted by Gasteiger charge is -2.26. The van der Waals surface area contributed by atoms with Gasteiger partial charge in [0.15, 0.2) is 5.57 Å². The zero-order valence-corrected chi connectivity index (χ0v) is 21.6. The van der Waals surface area contributed by atoms with Gasteiger partial charge in [0, 0.05) is 19.2 Å². The van der Waals surface area contributed by atoms with E-state index in [1.54, 1.807) is 65.6 Å². The van der Waals surface area contributed by atoms with Crippen molar-refractivity contribution >= 4 is 52.1 Å². The first kappa shape index (κ1) is 25.1. The largest absolute Gasteiger partial charge is 0.457 e. The van der Waals surface area contributed by atoms with Gasteiger partial charge in [0.25, 0.3) is 11.5 Å². The molecule has 0 atom stereocenters. The van der Waals surface area contributed by atoms with E-state index in [2.05, 4.69) is 0 Å². The number of aromatic nitrogens is 1. The Kier molecular flexibility index (Phi) is 7.31. The number of nitrogens with zero attached hydrogens (tertiary/aromatic N) is 3. The maximum absolute atomic E-state index is 13.6. The predicted octanol–water partition coefficient (Wildman–Crippen LogP) is 3.83. The quantitative estimate of drug-likeness (QED) is 0.384. The number of thiazole rings is 1. The minimum absolute atomic E-state index is 0.101. The van der Waals surface area contributed by atoms with Gasteiger partial charge in [0.05, 0.1) is 39.0 Å². The van der Waals surface area contributed by atoms with Crippen molar-refractivity contribution in [1.82, 2.24) is 9.47 Å². The van der Waals surface area contributed by atoms with Crippen LogP contribution in [0.1, 0.15) is 5.76 Å². The van der Waals surface area contributed by atoms with Crippen molar-refractivity contribution in [1.29, 1.82) is 5.26 Å². The van der Waals surface area contributed by atoms with Crippen LogP contribution in [0.15, 0.2) is 69.9 Å². The molecule has 1 amide bonds. The highest BCUT2D eigenvalue weighted by molar-refractivity contribution is 7.07. The number of para-hydroxylation sites is 1. The molecule has 1 aliphatic rings. The number of amides is 1. The van der Waals surface area contributed by atoms with Gasteiger partial charge in [-0.1, -0.05) is 47.5 Å². The zero-order chi connectivity index (χ0) is 25.9. The molecule has 37 heavy (non-hydrogen) atoms. The van der Waals surface area contributed by atoms with Crippen molar-refractivity contribution in [2.45, 2.75) is 0 Å². The van der Waals surface area contributed by atoms with Crippen molar-refractivity contribution in [3.8, 4) is 23.1 Å². The average molecular weight is 552 g/mol. The monoisotopic (exact) mass is 551 g/mol. The molecule has 0 N–H and O–H groups in total. The molecule has 2 aromatic carbocycles. The van der Waals surface area contributed by atoms with E-state index >= 15 is 0 Å². The maximum Gasteiger partial charge on any atom is 0.273 e. The van der Waals surface area contributed by atoms with Crippen LogP contribution in [-0.2, 0) is 9.53 Å². The third kappa shape index (κ3) is 4.99. The number of furan rings is 1. The highest BCUT2D eigenvalue weighted by Crippen LogP contribution is 2.35. The lowest BCUT2D eigenvalue weighted by atomic mass is 10.2. The Morgan fingerprint density at radius 2 is 1.70 bits per heavy atom. The SMILES string of the molecule is N#C/C(C(=O)N1CCOCC1)=c1/s/c(=C/c2ccc(-c3c(Cl)cccc3Cl)o2)c(=O)n1-c1ccccc1. The summed E-state index contributed by atoms with van der Waals surface area (Å²) >= 11 is 13.7. The highest BCUT2D eigenvalue weighted by Gasteiger charge is 2.24. The highest BCUT2D eigenvalue weighted by atomic mass is 35.5. The van der Waals surface area contributed by atoms with Crippen LogP contribution in [0, 0.1) is 11.3 Å². The van der Waals surface area contributed by atoms with Crippen LogP contribution < -0.4 is 14.8 Å². The zero-order valence-electron chi connectivity index (χ0n) is 19.3. The molecule has 10 heteroatoms. The van der Waals surface area contributed by atoms with E-state index in [0.29, 0.717) is 63.7 Å². The fourth-order valence-corrected chi connectivity index (χ4v) is 5.66. The summed E-state index contributed by atoms with van der Waals surface area (Å²) in [5.41, 5.74) is 0.622. The van der Waals surface area contributed by atoms with Crippen LogP contribution in [0.4, 0.5) is 0 Å². The normalized spacial score (nSPS) is 14.9. The molecule has 0 bridgehead atoms. The van der Waals surface area contributed by atoms with Gasteiger partial charge in [-0.05, 0) is 36.4 Å². The number of hydrogen-bond donors (Lipinski definition) is 0. The number of benzene rings is 2. The van der Waals surface area contributed by atoms with E-state index in [1.165, 1.54) is 4.57 Å². The van der Waals surface area contributed by atoms with Crippen molar-refractivity contribution in [3.63, 3.8) is 0 Å². The molecule has 0 saturated carbocycles. The number of carbonyl (C=O) groups is 1. The number of carbonyl (C=O) groups excluding carboxylic acids is 1. The minimum atomic E-state index is -0.433. The molecule has 0 aliphatic carbocycles. The fourth-order valence-electron chi connectivity index (χ4n) is 4.00. The molecule has 4 aromatic rings. The summed E-state index contributed by atoms with van der Waals surface area (Å²) in [5, 5.41) is 10.9. The van der Waals surface area contributed by atoms with Crippen LogP contribution in [0.25, 0.3) is 28.7 Å². The van der Waals surface area contributed by atoms with Crippen LogP contribution in [0.2, 0.25) is 10.0 Å². The first-order valence-corrected chi connectivity index (χ1v) is 12.9. The minimum Gasteiger partial charge on any atom is -0.457 e. The van der Waals surface area contributed by atoms with E-state index in [4.69, 9.17) is 32.4 Å². The molecule has 1 aliphatic heterocycles. The van der Waals surface area contributed by atoms with Crippen LogP contribution in [0.5, 0.6) is 0 Å². The summed E-state index contributed by atoms with van der Waals surface area (Å²) in [4.78, 5) is 28.4. The Morgan fingerprint density at radius 1 is 1.00 bits per heavy atom. The predicted molar refractivity (Wildman–Crippen MR) is 143 cm³/mol. The molecule has 186 valence electrons. The second-order valence-corrected chi connectivity index (χ2v) is 9.93.